The summed E-state index contributed by atoms with van der Waals surface area (Å²) in [5.74, 6) is -0.319. The molecule has 1 atom stereocenters. The van der Waals surface area contributed by atoms with Crippen molar-refractivity contribution in [2.45, 2.75) is 26.3 Å². The largest absolute Gasteiger partial charge is 0.465 e. The van der Waals surface area contributed by atoms with Crippen LogP contribution in [0.25, 0.3) is 0 Å². The van der Waals surface area contributed by atoms with Crippen molar-refractivity contribution in [1.29, 1.82) is 0 Å². The fraction of sp³-hybridized carbons (Fsp3) is 0.312. The standard InChI is InChI=1S/C16H19NO2S/c1-4-12-9-10-15(20-12)11(2)17-14-8-6-5-7-13(14)16(18)19-3/h5-11,17H,4H2,1-3H3. The molecule has 0 saturated carbocycles. The molecule has 1 N–H and O–H groups in total. The molecule has 106 valence electrons. The average molecular weight is 289 g/mol. The quantitative estimate of drug-likeness (QED) is 0.835. The summed E-state index contributed by atoms with van der Waals surface area (Å²) in [6.07, 6.45) is 1.05. The van der Waals surface area contributed by atoms with Gasteiger partial charge in [0.1, 0.15) is 0 Å². The molecule has 2 aromatic rings. The van der Waals surface area contributed by atoms with E-state index < -0.39 is 0 Å². The molecule has 1 heterocycles. The predicted octanol–water partition coefficient (Wildman–Crippen LogP) is 4.27. The van der Waals surface area contributed by atoms with Crippen molar-refractivity contribution in [2.24, 2.45) is 0 Å². The minimum Gasteiger partial charge on any atom is -0.465 e. The van der Waals surface area contributed by atoms with E-state index in [9.17, 15) is 4.79 Å². The zero-order chi connectivity index (χ0) is 14.5. The molecule has 0 bridgehead atoms. The number of hydrogen-bond acceptors (Lipinski definition) is 4. The van der Waals surface area contributed by atoms with E-state index in [1.54, 1.807) is 17.4 Å². The Bertz CT molecular complexity index is 592. The first-order chi connectivity index (χ1) is 9.65. The maximum absolute atomic E-state index is 11.7. The molecule has 0 saturated heterocycles. The summed E-state index contributed by atoms with van der Waals surface area (Å²) in [6.45, 7) is 4.25. The molecule has 1 aromatic carbocycles. The van der Waals surface area contributed by atoms with Crippen LogP contribution >= 0.6 is 11.3 Å². The highest BCUT2D eigenvalue weighted by Gasteiger charge is 2.14. The highest BCUT2D eigenvalue weighted by Crippen LogP contribution is 2.28. The van der Waals surface area contributed by atoms with E-state index in [2.05, 4.69) is 31.3 Å². The van der Waals surface area contributed by atoms with Crippen LogP contribution in [0.4, 0.5) is 5.69 Å². The van der Waals surface area contributed by atoms with E-state index in [4.69, 9.17) is 4.74 Å². The Hall–Kier alpha value is -1.81. The van der Waals surface area contributed by atoms with Gasteiger partial charge in [0.2, 0.25) is 0 Å². The van der Waals surface area contributed by atoms with Gasteiger partial charge < -0.3 is 10.1 Å². The van der Waals surface area contributed by atoms with Gasteiger partial charge in [-0.1, -0.05) is 19.1 Å². The number of ether oxygens (including phenoxy) is 1. The number of rotatable bonds is 5. The molecule has 0 aliphatic carbocycles. The van der Waals surface area contributed by atoms with Crippen LogP contribution < -0.4 is 5.32 Å². The lowest BCUT2D eigenvalue weighted by Gasteiger charge is -2.16. The normalized spacial score (nSPS) is 11.9. The number of esters is 1. The SMILES string of the molecule is CCc1ccc(C(C)Nc2ccccc2C(=O)OC)s1. The first kappa shape index (κ1) is 14.6. The molecule has 2 rings (SSSR count). The van der Waals surface area contributed by atoms with Crippen molar-refractivity contribution >= 4 is 23.0 Å². The lowest BCUT2D eigenvalue weighted by molar-refractivity contribution is 0.0602. The highest BCUT2D eigenvalue weighted by atomic mass is 32.1. The summed E-state index contributed by atoms with van der Waals surface area (Å²) < 4.78 is 4.81. The van der Waals surface area contributed by atoms with Crippen LogP contribution in [0.1, 0.15) is 40.0 Å². The molecule has 0 amide bonds. The van der Waals surface area contributed by atoms with Gasteiger partial charge in [0.25, 0.3) is 0 Å². The van der Waals surface area contributed by atoms with Gasteiger partial charge >= 0.3 is 5.97 Å². The Morgan fingerprint density at radius 3 is 2.70 bits per heavy atom. The molecule has 0 aliphatic rings. The van der Waals surface area contributed by atoms with Crippen LogP contribution in [-0.2, 0) is 11.2 Å². The Morgan fingerprint density at radius 2 is 2.05 bits per heavy atom. The topological polar surface area (TPSA) is 38.3 Å². The lowest BCUT2D eigenvalue weighted by Crippen LogP contribution is -2.10. The van der Waals surface area contributed by atoms with E-state index in [1.807, 2.05) is 18.2 Å². The van der Waals surface area contributed by atoms with Crippen LogP contribution in [0.15, 0.2) is 36.4 Å². The Balaban J connectivity index is 2.19. The monoisotopic (exact) mass is 289 g/mol. The fourth-order valence-electron chi connectivity index (χ4n) is 2.02. The van der Waals surface area contributed by atoms with Crippen LogP contribution in [0.2, 0.25) is 0 Å². The van der Waals surface area contributed by atoms with Gasteiger partial charge in [-0.3, -0.25) is 0 Å². The van der Waals surface area contributed by atoms with Crippen LogP contribution in [0, 0.1) is 0 Å². The first-order valence-electron chi connectivity index (χ1n) is 6.68. The molecule has 0 spiro atoms. The van der Waals surface area contributed by atoms with Gasteiger partial charge in [0.05, 0.1) is 18.7 Å². The number of para-hydroxylation sites is 1. The number of benzene rings is 1. The summed E-state index contributed by atoms with van der Waals surface area (Å²) in [7, 11) is 1.40. The Kier molecular flexibility index (Phi) is 4.79. The minimum absolute atomic E-state index is 0.158. The summed E-state index contributed by atoms with van der Waals surface area (Å²) >= 11 is 1.80. The number of methoxy groups -OCH3 is 1. The second-order valence-electron chi connectivity index (χ2n) is 4.56. The van der Waals surface area contributed by atoms with Gasteiger partial charge in [0.15, 0.2) is 0 Å². The molecule has 1 unspecified atom stereocenters. The summed E-state index contributed by atoms with van der Waals surface area (Å²) in [5, 5.41) is 3.39. The second-order valence-corrected chi connectivity index (χ2v) is 5.76. The summed E-state index contributed by atoms with van der Waals surface area (Å²) in [6, 6.07) is 11.9. The number of aryl methyl sites for hydroxylation is 1. The molecule has 0 fully saturated rings. The average Bonchev–Trinajstić information content (AvgIpc) is 2.96. The van der Waals surface area contributed by atoms with E-state index in [0.29, 0.717) is 5.56 Å². The molecular formula is C16H19NO2S. The third-order valence-corrected chi connectivity index (χ3v) is 4.57. The van der Waals surface area contributed by atoms with Gasteiger partial charge in [-0.05, 0) is 37.6 Å². The number of hydrogen-bond donors (Lipinski definition) is 1. The van der Waals surface area contributed by atoms with Gasteiger partial charge in [0, 0.05) is 15.4 Å². The molecule has 0 radical (unpaired) electrons. The Morgan fingerprint density at radius 1 is 1.30 bits per heavy atom. The van der Waals surface area contributed by atoms with E-state index in [0.717, 1.165) is 12.1 Å². The number of thiophene rings is 1. The number of nitrogens with one attached hydrogen (secondary N) is 1. The highest BCUT2D eigenvalue weighted by molar-refractivity contribution is 7.12. The molecule has 0 aliphatic heterocycles. The third-order valence-electron chi connectivity index (χ3n) is 3.16. The van der Waals surface area contributed by atoms with Gasteiger partial charge in [-0.15, -0.1) is 11.3 Å². The molecule has 3 nitrogen and oxygen atoms in total. The van der Waals surface area contributed by atoms with Gasteiger partial charge in [-0.25, -0.2) is 4.79 Å². The minimum atomic E-state index is -0.319. The zero-order valence-electron chi connectivity index (χ0n) is 12.0. The smallest absolute Gasteiger partial charge is 0.339 e. The van der Waals surface area contributed by atoms with Crippen LogP contribution in [0.3, 0.4) is 0 Å². The number of carbonyl (C=O) groups is 1. The van der Waals surface area contributed by atoms with Crippen molar-refractivity contribution in [1.82, 2.24) is 0 Å². The van der Waals surface area contributed by atoms with Crippen LogP contribution in [0.5, 0.6) is 0 Å². The van der Waals surface area contributed by atoms with E-state index in [-0.39, 0.29) is 12.0 Å². The van der Waals surface area contributed by atoms with Gasteiger partial charge in [-0.2, -0.15) is 0 Å². The predicted molar refractivity (Wildman–Crippen MR) is 83.5 cm³/mol. The van der Waals surface area contributed by atoms with Crippen molar-refractivity contribution in [3.05, 3.63) is 51.7 Å². The van der Waals surface area contributed by atoms with Crippen molar-refractivity contribution in [3.63, 3.8) is 0 Å². The maximum atomic E-state index is 11.7. The zero-order valence-corrected chi connectivity index (χ0v) is 12.8. The second kappa shape index (κ2) is 6.57. The fourth-order valence-corrected chi connectivity index (χ4v) is 2.97. The van der Waals surface area contributed by atoms with E-state index in [1.165, 1.54) is 16.9 Å². The Labute approximate surface area is 123 Å². The molecule has 1 aromatic heterocycles. The molecule has 20 heavy (non-hydrogen) atoms. The summed E-state index contributed by atoms with van der Waals surface area (Å²) in [5.41, 5.74) is 1.37. The third kappa shape index (κ3) is 3.20. The molecular weight excluding hydrogens is 270 g/mol. The van der Waals surface area contributed by atoms with E-state index >= 15 is 0 Å². The maximum Gasteiger partial charge on any atom is 0.339 e. The number of anilines is 1. The number of carbonyl (C=O) groups excluding carboxylic acids is 1. The van der Waals surface area contributed by atoms with Crippen molar-refractivity contribution in [3.8, 4) is 0 Å². The van der Waals surface area contributed by atoms with Crippen LogP contribution in [-0.4, -0.2) is 13.1 Å². The van der Waals surface area contributed by atoms with Crippen molar-refractivity contribution < 1.29 is 9.53 Å². The molecule has 4 heteroatoms. The van der Waals surface area contributed by atoms with Crippen molar-refractivity contribution in [2.75, 3.05) is 12.4 Å². The summed E-state index contributed by atoms with van der Waals surface area (Å²) in [4.78, 5) is 14.4. The first-order valence-corrected chi connectivity index (χ1v) is 7.49. The lowest BCUT2D eigenvalue weighted by atomic mass is 10.1.